The van der Waals surface area contributed by atoms with Crippen molar-refractivity contribution in [2.45, 2.75) is 6.54 Å². The van der Waals surface area contributed by atoms with Crippen LogP contribution in [-0.4, -0.2) is 26.1 Å². The van der Waals surface area contributed by atoms with Crippen molar-refractivity contribution in [2.75, 3.05) is 0 Å². The summed E-state index contributed by atoms with van der Waals surface area (Å²) in [5.41, 5.74) is 1.67. The molecule has 0 aliphatic carbocycles. The van der Waals surface area contributed by atoms with Crippen molar-refractivity contribution in [3.8, 4) is 5.69 Å². The molecule has 2 aromatic carbocycles. The molecule has 0 aliphatic heterocycles. The highest BCUT2D eigenvalue weighted by atomic mass is 19.1. The maximum absolute atomic E-state index is 13.5. The number of carbonyl (C=O) groups excluding carboxylic acids is 1. The zero-order valence-electron chi connectivity index (χ0n) is 11.5. The molecule has 1 amide bonds. The molecule has 0 atom stereocenters. The first-order valence-electron chi connectivity index (χ1n) is 6.59. The predicted molar refractivity (Wildman–Crippen MR) is 76.7 cm³/mol. The summed E-state index contributed by atoms with van der Waals surface area (Å²) >= 11 is 0. The number of nitrogens with zero attached hydrogens (tertiary/aromatic N) is 4. The largest absolute Gasteiger partial charge is 0.348 e. The van der Waals surface area contributed by atoms with Gasteiger partial charge in [0.2, 0.25) is 0 Å². The van der Waals surface area contributed by atoms with E-state index in [1.165, 1.54) is 17.1 Å². The molecule has 3 rings (SSSR count). The summed E-state index contributed by atoms with van der Waals surface area (Å²) in [6.07, 6.45) is 1.47. The van der Waals surface area contributed by atoms with Crippen molar-refractivity contribution in [3.05, 3.63) is 71.8 Å². The highest BCUT2D eigenvalue weighted by Gasteiger charge is 2.07. The van der Waals surface area contributed by atoms with Crippen LogP contribution in [0, 0.1) is 5.82 Å². The summed E-state index contributed by atoms with van der Waals surface area (Å²) in [6, 6.07) is 13.1. The molecule has 0 aliphatic rings. The third kappa shape index (κ3) is 2.98. The van der Waals surface area contributed by atoms with E-state index in [0.717, 1.165) is 5.69 Å². The van der Waals surface area contributed by atoms with E-state index >= 15 is 0 Å². The zero-order chi connectivity index (χ0) is 15.4. The van der Waals surface area contributed by atoms with E-state index in [1.807, 2.05) is 0 Å². The molecule has 1 aromatic heterocycles. The van der Waals surface area contributed by atoms with Gasteiger partial charge in [-0.25, -0.2) is 9.07 Å². The smallest absolute Gasteiger partial charge is 0.251 e. The summed E-state index contributed by atoms with van der Waals surface area (Å²) in [5, 5.41) is 13.5. The van der Waals surface area contributed by atoms with Gasteiger partial charge in [-0.2, -0.15) is 0 Å². The Hall–Kier alpha value is -3.09. The molecular formula is C15H12FN5O. The summed E-state index contributed by atoms with van der Waals surface area (Å²) in [5.74, 6) is -0.608. The third-order valence-electron chi connectivity index (χ3n) is 3.14. The van der Waals surface area contributed by atoms with E-state index in [0.29, 0.717) is 11.1 Å². The van der Waals surface area contributed by atoms with Gasteiger partial charge in [-0.15, -0.1) is 5.10 Å². The minimum absolute atomic E-state index is 0.139. The monoisotopic (exact) mass is 297 g/mol. The molecule has 0 unspecified atom stereocenters. The van der Waals surface area contributed by atoms with E-state index in [1.54, 1.807) is 42.5 Å². The minimum Gasteiger partial charge on any atom is -0.348 e. The van der Waals surface area contributed by atoms with Gasteiger partial charge in [0, 0.05) is 17.7 Å². The minimum atomic E-state index is -0.336. The standard InChI is InChI=1S/C15H12FN5O/c16-14-4-2-1-3-12(14)9-17-15(22)11-5-7-13(8-6-11)21-10-18-19-20-21/h1-8,10H,9H2,(H,17,22). The van der Waals surface area contributed by atoms with Crippen LogP contribution in [0.25, 0.3) is 5.69 Å². The first-order chi connectivity index (χ1) is 10.7. The highest BCUT2D eigenvalue weighted by molar-refractivity contribution is 5.94. The number of benzene rings is 2. The number of hydrogen-bond acceptors (Lipinski definition) is 4. The Labute approximate surface area is 125 Å². The van der Waals surface area contributed by atoms with Crippen LogP contribution in [0.5, 0.6) is 0 Å². The van der Waals surface area contributed by atoms with E-state index in [9.17, 15) is 9.18 Å². The van der Waals surface area contributed by atoms with Crippen LogP contribution < -0.4 is 5.32 Å². The van der Waals surface area contributed by atoms with Crippen LogP contribution in [0.4, 0.5) is 4.39 Å². The fourth-order valence-corrected chi connectivity index (χ4v) is 1.96. The SMILES string of the molecule is O=C(NCc1ccccc1F)c1ccc(-n2cnnn2)cc1. The van der Waals surface area contributed by atoms with E-state index in [4.69, 9.17) is 0 Å². The third-order valence-corrected chi connectivity index (χ3v) is 3.14. The first kappa shape index (κ1) is 13.9. The van der Waals surface area contributed by atoms with E-state index in [2.05, 4.69) is 20.8 Å². The summed E-state index contributed by atoms with van der Waals surface area (Å²) < 4.78 is 15.0. The number of halogens is 1. The fourth-order valence-electron chi connectivity index (χ4n) is 1.96. The lowest BCUT2D eigenvalue weighted by Crippen LogP contribution is -2.23. The lowest BCUT2D eigenvalue weighted by atomic mass is 10.1. The molecule has 6 nitrogen and oxygen atoms in total. The average molecular weight is 297 g/mol. The maximum Gasteiger partial charge on any atom is 0.251 e. The molecule has 0 radical (unpaired) electrons. The van der Waals surface area contributed by atoms with Crippen molar-refractivity contribution >= 4 is 5.91 Å². The molecule has 0 bridgehead atoms. The Morgan fingerprint density at radius 1 is 1.14 bits per heavy atom. The van der Waals surface area contributed by atoms with Crippen LogP contribution in [0.3, 0.4) is 0 Å². The second kappa shape index (κ2) is 6.13. The lowest BCUT2D eigenvalue weighted by Gasteiger charge is -2.07. The molecule has 110 valence electrons. The number of carbonyl (C=O) groups is 1. The summed E-state index contributed by atoms with van der Waals surface area (Å²) in [7, 11) is 0. The summed E-state index contributed by atoms with van der Waals surface area (Å²) in [6.45, 7) is 0.139. The van der Waals surface area contributed by atoms with Gasteiger partial charge in [0.1, 0.15) is 12.1 Å². The number of nitrogens with one attached hydrogen (secondary N) is 1. The first-order valence-corrected chi connectivity index (χ1v) is 6.59. The van der Waals surface area contributed by atoms with Gasteiger partial charge in [0.15, 0.2) is 0 Å². The number of hydrogen-bond donors (Lipinski definition) is 1. The number of amides is 1. The average Bonchev–Trinajstić information content (AvgIpc) is 3.08. The van der Waals surface area contributed by atoms with Crippen LogP contribution in [0.15, 0.2) is 54.9 Å². The van der Waals surface area contributed by atoms with Crippen molar-refractivity contribution in [1.29, 1.82) is 0 Å². The Bertz CT molecular complexity index is 771. The molecule has 0 saturated carbocycles. The van der Waals surface area contributed by atoms with Gasteiger partial charge < -0.3 is 5.32 Å². The topological polar surface area (TPSA) is 72.7 Å². The normalized spacial score (nSPS) is 10.4. The molecule has 0 fully saturated rings. The van der Waals surface area contributed by atoms with Gasteiger partial charge in [0.05, 0.1) is 5.69 Å². The van der Waals surface area contributed by atoms with Crippen LogP contribution >= 0.6 is 0 Å². The molecule has 1 N–H and O–H groups in total. The fraction of sp³-hybridized carbons (Fsp3) is 0.0667. The van der Waals surface area contributed by atoms with Crippen LogP contribution in [-0.2, 0) is 6.54 Å². The molecule has 22 heavy (non-hydrogen) atoms. The van der Waals surface area contributed by atoms with Gasteiger partial charge >= 0.3 is 0 Å². The zero-order valence-corrected chi connectivity index (χ0v) is 11.5. The Morgan fingerprint density at radius 2 is 1.91 bits per heavy atom. The quantitative estimate of drug-likeness (QED) is 0.796. The predicted octanol–water partition coefficient (Wildman–Crippen LogP) is 1.73. The number of tetrazole rings is 1. The van der Waals surface area contributed by atoms with Gasteiger partial charge in [-0.05, 0) is 40.8 Å². The second-order valence-electron chi connectivity index (χ2n) is 4.58. The van der Waals surface area contributed by atoms with Gasteiger partial charge in [-0.1, -0.05) is 18.2 Å². The van der Waals surface area contributed by atoms with Crippen molar-refractivity contribution in [3.63, 3.8) is 0 Å². The van der Waals surface area contributed by atoms with Crippen LogP contribution in [0.1, 0.15) is 15.9 Å². The lowest BCUT2D eigenvalue weighted by molar-refractivity contribution is 0.0950. The summed E-state index contributed by atoms with van der Waals surface area (Å²) in [4.78, 5) is 12.0. The van der Waals surface area contributed by atoms with Crippen molar-refractivity contribution < 1.29 is 9.18 Å². The van der Waals surface area contributed by atoms with E-state index < -0.39 is 0 Å². The number of rotatable bonds is 4. The van der Waals surface area contributed by atoms with Gasteiger partial charge in [-0.3, -0.25) is 4.79 Å². The second-order valence-corrected chi connectivity index (χ2v) is 4.58. The maximum atomic E-state index is 13.5. The molecule has 0 spiro atoms. The molecule has 1 heterocycles. The Kier molecular flexibility index (Phi) is 3.86. The number of aromatic nitrogens is 4. The Morgan fingerprint density at radius 3 is 2.59 bits per heavy atom. The van der Waals surface area contributed by atoms with Gasteiger partial charge in [0.25, 0.3) is 5.91 Å². The molecule has 7 heteroatoms. The van der Waals surface area contributed by atoms with E-state index in [-0.39, 0.29) is 18.3 Å². The highest BCUT2D eigenvalue weighted by Crippen LogP contribution is 2.09. The molecule has 3 aromatic rings. The molecule has 0 saturated heterocycles. The van der Waals surface area contributed by atoms with Crippen molar-refractivity contribution in [2.24, 2.45) is 0 Å². The van der Waals surface area contributed by atoms with Crippen LogP contribution in [0.2, 0.25) is 0 Å². The van der Waals surface area contributed by atoms with Crippen molar-refractivity contribution in [1.82, 2.24) is 25.5 Å². The molecular weight excluding hydrogens is 285 g/mol. The Balaban J connectivity index is 1.67.